The summed E-state index contributed by atoms with van der Waals surface area (Å²) in [4.78, 5) is 9.05. The van der Waals surface area contributed by atoms with Crippen LogP contribution in [0.15, 0.2) is 42.5 Å². The molecular weight excluding hydrogens is 328 g/mol. The Bertz CT molecular complexity index is 891. The zero-order valence-electron chi connectivity index (χ0n) is 15.0. The van der Waals surface area contributed by atoms with Gasteiger partial charge in [0.05, 0.1) is 5.52 Å². The summed E-state index contributed by atoms with van der Waals surface area (Å²) in [6, 6.07) is 12.2. The van der Waals surface area contributed by atoms with Crippen LogP contribution in [0.3, 0.4) is 0 Å². The average Bonchev–Trinajstić information content (AvgIpc) is 2.59. The van der Waals surface area contributed by atoms with Crippen LogP contribution in [0.5, 0.6) is 11.5 Å². The molecule has 0 aliphatic rings. The van der Waals surface area contributed by atoms with E-state index >= 15 is 0 Å². The Labute approximate surface area is 152 Å². The highest BCUT2D eigenvalue weighted by atomic mass is 16.3. The van der Waals surface area contributed by atoms with Gasteiger partial charge in [0.15, 0.2) is 5.82 Å². The number of nitrogens with two attached hydrogens (primary N) is 1. The molecule has 26 heavy (non-hydrogen) atoms. The van der Waals surface area contributed by atoms with Crippen molar-refractivity contribution in [3.63, 3.8) is 0 Å². The highest BCUT2D eigenvalue weighted by molar-refractivity contribution is 5.91. The largest absolute Gasteiger partial charge is 0.507 e. The molecule has 0 aliphatic carbocycles. The molecule has 3 aromatic rings. The lowest BCUT2D eigenvalue weighted by Crippen LogP contribution is -2.30. The molecule has 3 rings (SSSR count). The number of phenols is 2. The van der Waals surface area contributed by atoms with Crippen molar-refractivity contribution in [1.82, 2.24) is 9.97 Å². The van der Waals surface area contributed by atoms with E-state index in [1.807, 2.05) is 24.3 Å². The standard InChI is InChI=1S/C20H24N4O2/c1-12(2)10-13(21)11-22-19-14-6-3-4-7-15(14)23-20(24-19)18-16(25)8-5-9-17(18)26/h3-9,12-13,25-26H,10-11,21H2,1-2H3,(H,22,23,24). The molecule has 0 saturated carbocycles. The van der Waals surface area contributed by atoms with Gasteiger partial charge in [-0.3, -0.25) is 0 Å². The summed E-state index contributed by atoms with van der Waals surface area (Å²) in [5, 5.41) is 24.5. The molecule has 1 unspecified atom stereocenters. The van der Waals surface area contributed by atoms with E-state index in [-0.39, 0.29) is 28.9 Å². The second kappa shape index (κ2) is 7.58. The molecule has 0 amide bonds. The number of aromatic hydroxyl groups is 2. The fourth-order valence-electron chi connectivity index (χ4n) is 3.00. The number of nitrogens with one attached hydrogen (secondary N) is 1. The maximum atomic E-state index is 10.1. The van der Waals surface area contributed by atoms with Crippen LogP contribution >= 0.6 is 0 Å². The molecule has 0 fully saturated rings. The summed E-state index contributed by atoms with van der Waals surface area (Å²) in [5.41, 5.74) is 7.12. The first-order valence-electron chi connectivity index (χ1n) is 8.73. The maximum Gasteiger partial charge on any atom is 0.169 e. The third kappa shape index (κ3) is 3.86. The molecule has 0 aliphatic heterocycles. The second-order valence-corrected chi connectivity index (χ2v) is 6.85. The molecule has 0 radical (unpaired) electrons. The van der Waals surface area contributed by atoms with Gasteiger partial charge in [-0.15, -0.1) is 0 Å². The number of benzene rings is 2. The summed E-state index contributed by atoms with van der Waals surface area (Å²) in [5.74, 6) is 1.28. The van der Waals surface area contributed by atoms with Crippen molar-refractivity contribution < 1.29 is 10.2 Å². The Morgan fingerprint density at radius 2 is 1.69 bits per heavy atom. The van der Waals surface area contributed by atoms with Gasteiger partial charge in [0.1, 0.15) is 22.9 Å². The number of fused-ring (bicyclic) bond motifs is 1. The number of phenolic OH excluding ortho intramolecular Hbond substituents is 2. The molecule has 1 atom stereocenters. The summed E-state index contributed by atoms with van der Waals surface area (Å²) in [6.07, 6.45) is 0.906. The Morgan fingerprint density at radius 1 is 1.00 bits per heavy atom. The van der Waals surface area contributed by atoms with Gasteiger partial charge in [0.2, 0.25) is 0 Å². The lowest BCUT2D eigenvalue weighted by Gasteiger charge is -2.17. The predicted octanol–water partition coefficient (Wildman–Crippen LogP) is 3.49. The van der Waals surface area contributed by atoms with Crippen LogP contribution in [0, 0.1) is 5.92 Å². The van der Waals surface area contributed by atoms with Crippen LogP contribution in [0.25, 0.3) is 22.3 Å². The summed E-state index contributed by atoms with van der Waals surface area (Å²) >= 11 is 0. The van der Waals surface area contributed by atoms with Gasteiger partial charge in [0, 0.05) is 18.0 Å². The summed E-state index contributed by atoms with van der Waals surface area (Å²) in [6.45, 7) is 4.85. The Kier molecular flexibility index (Phi) is 5.23. The fraction of sp³-hybridized carbons (Fsp3) is 0.300. The molecule has 6 nitrogen and oxygen atoms in total. The first-order valence-corrected chi connectivity index (χ1v) is 8.73. The second-order valence-electron chi connectivity index (χ2n) is 6.85. The van der Waals surface area contributed by atoms with E-state index in [1.54, 1.807) is 6.07 Å². The molecule has 0 saturated heterocycles. The first kappa shape index (κ1) is 17.9. The third-order valence-electron chi connectivity index (χ3n) is 4.15. The van der Waals surface area contributed by atoms with E-state index in [1.165, 1.54) is 12.1 Å². The minimum absolute atomic E-state index is 0.00529. The average molecular weight is 352 g/mol. The van der Waals surface area contributed by atoms with E-state index in [2.05, 4.69) is 29.1 Å². The van der Waals surface area contributed by atoms with Crippen molar-refractivity contribution in [2.75, 3.05) is 11.9 Å². The summed E-state index contributed by atoms with van der Waals surface area (Å²) in [7, 11) is 0. The first-order chi connectivity index (χ1) is 12.5. The van der Waals surface area contributed by atoms with Crippen LogP contribution in [0.2, 0.25) is 0 Å². The van der Waals surface area contributed by atoms with Gasteiger partial charge in [-0.2, -0.15) is 0 Å². The maximum absolute atomic E-state index is 10.1. The highest BCUT2D eigenvalue weighted by Crippen LogP contribution is 2.36. The Balaban J connectivity index is 2.02. The van der Waals surface area contributed by atoms with Gasteiger partial charge < -0.3 is 21.3 Å². The van der Waals surface area contributed by atoms with Crippen LogP contribution in [0.1, 0.15) is 20.3 Å². The number of hydrogen-bond acceptors (Lipinski definition) is 6. The minimum atomic E-state index is -0.0669. The molecule has 1 heterocycles. The molecular formula is C20H24N4O2. The summed E-state index contributed by atoms with van der Waals surface area (Å²) < 4.78 is 0. The number of anilines is 1. The zero-order chi connectivity index (χ0) is 18.7. The monoisotopic (exact) mass is 352 g/mol. The van der Waals surface area contributed by atoms with Crippen molar-refractivity contribution in [2.24, 2.45) is 11.7 Å². The third-order valence-corrected chi connectivity index (χ3v) is 4.15. The minimum Gasteiger partial charge on any atom is -0.507 e. The van der Waals surface area contributed by atoms with Crippen LogP contribution < -0.4 is 11.1 Å². The Morgan fingerprint density at radius 3 is 2.38 bits per heavy atom. The van der Waals surface area contributed by atoms with Gasteiger partial charge in [-0.05, 0) is 36.6 Å². The smallest absolute Gasteiger partial charge is 0.169 e. The molecule has 5 N–H and O–H groups in total. The topological polar surface area (TPSA) is 104 Å². The fourth-order valence-corrected chi connectivity index (χ4v) is 3.00. The molecule has 6 heteroatoms. The van der Waals surface area contributed by atoms with E-state index in [0.717, 1.165) is 17.3 Å². The lowest BCUT2D eigenvalue weighted by atomic mass is 10.0. The normalized spacial score (nSPS) is 12.5. The zero-order valence-corrected chi connectivity index (χ0v) is 15.0. The predicted molar refractivity (Wildman–Crippen MR) is 104 cm³/mol. The molecule has 2 aromatic carbocycles. The van der Waals surface area contributed by atoms with E-state index in [4.69, 9.17) is 5.73 Å². The van der Waals surface area contributed by atoms with Crippen LogP contribution in [-0.2, 0) is 0 Å². The van der Waals surface area contributed by atoms with Gasteiger partial charge in [-0.25, -0.2) is 9.97 Å². The van der Waals surface area contributed by atoms with E-state index in [0.29, 0.717) is 18.3 Å². The quantitative estimate of drug-likeness (QED) is 0.541. The Hall–Kier alpha value is -2.86. The number of para-hydroxylation sites is 1. The van der Waals surface area contributed by atoms with Crippen LogP contribution in [-0.4, -0.2) is 32.8 Å². The van der Waals surface area contributed by atoms with Crippen molar-refractivity contribution in [2.45, 2.75) is 26.3 Å². The molecule has 136 valence electrons. The van der Waals surface area contributed by atoms with Crippen molar-refractivity contribution in [3.05, 3.63) is 42.5 Å². The van der Waals surface area contributed by atoms with Gasteiger partial charge in [-0.1, -0.05) is 32.0 Å². The molecule has 1 aromatic heterocycles. The molecule has 0 bridgehead atoms. The van der Waals surface area contributed by atoms with Crippen molar-refractivity contribution in [1.29, 1.82) is 0 Å². The SMILES string of the molecule is CC(C)CC(N)CNc1nc(-c2c(O)cccc2O)nc2ccccc12. The van der Waals surface area contributed by atoms with Crippen molar-refractivity contribution >= 4 is 16.7 Å². The number of rotatable bonds is 6. The van der Waals surface area contributed by atoms with Crippen LogP contribution in [0.4, 0.5) is 5.82 Å². The van der Waals surface area contributed by atoms with Gasteiger partial charge >= 0.3 is 0 Å². The van der Waals surface area contributed by atoms with Crippen molar-refractivity contribution in [3.8, 4) is 22.9 Å². The lowest BCUT2D eigenvalue weighted by molar-refractivity contribution is 0.453. The number of hydrogen-bond donors (Lipinski definition) is 4. The molecule has 0 spiro atoms. The highest BCUT2D eigenvalue weighted by Gasteiger charge is 2.16. The van der Waals surface area contributed by atoms with Gasteiger partial charge in [0.25, 0.3) is 0 Å². The number of aromatic nitrogens is 2. The number of nitrogens with zero attached hydrogens (tertiary/aromatic N) is 2. The van der Waals surface area contributed by atoms with E-state index in [9.17, 15) is 10.2 Å². The van der Waals surface area contributed by atoms with E-state index < -0.39 is 0 Å².